The Morgan fingerprint density at radius 1 is 1.29 bits per heavy atom. The maximum atomic E-state index is 12.0. The van der Waals surface area contributed by atoms with Crippen LogP contribution >= 0.6 is 0 Å². The van der Waals surface area contributed by atoms with Gasteiger partial charge >= 0.3 is 11.9 Å². The largest absolute Gasteiger partial charge is 0.480 e. The van der Waals surface area contributed by atoms with Crippen molar-refractivity contribution in [3.05, 3.63) is 34.6 Å². The number of carboxylic acids is 2. The van der Waals surface area contributed by atoms with Crippen LogP contribution in [-0.2, 0) is 9.59 Å². The Morgan fingerprint density at radius 3 is 2.17 bits per heavy atom. The number of likely N-dealkylation sites (tertiary alicyclic amines) is 1. The molecule has 1 aliphatic carbocycles. The Balaban J connectivity index is 0.000000648. The zero-order valence-corrected chi connectivity index (χ0v) is 17.3. The van der Waals surface area contributed by atoms with Gasteiger partial charge in [0.1, 0.15) is 5.54 Å². The van der Waals surface area contributed by atoms with Gasteiger partial charge in [-0.25, -0.2) is 9.59 Å². The molecule has 0 bridgehead atoms. The maximum Gasteiger partial charge on any atom is 0.332 e. The van der Waals surface area contributed by atoms with E-state index in [4.69, 9.17) is 0 Å². The fourth-order valence-electron chi connectivity index (χ4n) is 3.50. The summed E-state index contributed by atoms with van der Waals surface area (Å²) >= 11 is 0. The first-order valence-electron chi connectivity index (χ1n) is 8.43. The van der Waals surface area contributed by atoms with Crippen molar-refractivity contribution in [3.63, 3.8) is 0 Å². The van der Waals surface area contributed by atoms with Crippen LogP contribution < -0.4 is 0 Å². The lowest BCUT2D eigenvalue weighted by Gasteiger charge is -2.44. The zero-order chi connectivity index (χ0) is 18.5. The molecule has 1 heterocycles. The molecule has 2 aliphatic rings. The van der Waals surface area contributed by atoms with E-state index in [-0.39, 0.29) is 5.57 Å². The lowest BCUT2D eigenvalue weighted by Crippen LogP contribution is -2.58. The summed E-state index contributed by atoms with van der Waals surface area (Å²) in [5.41, 5.74) is 2.56. The van der Waals surface area contributed by atoms with Gasteiger partial charge in [0, 0.05) is 21.7 Å². The molecule has 0 spiro atoms. The van der Waals surface area contributed by atoms with E-state index in [2.05, 4.69) is 11.8 Å². The topological polar surface area (TPSA) is 77.8 Å². The Hall–Kier alpha value is -1.66. The number of carboxylic acid groups (broad SMARTS) is 2. The zero-order valence-electron chi connectivity index (χ0n) is 15.3. The van der Waals surface area contributed by atoms with Crippen molar-refractivity contribution >= 4 is 22.2 Å². The second-order valence-electron chi connectivity index (χ2n) is 6.38. The fraction of sp³-hybridized carbons (Fsp3) is 0.556. The highest BCUT2D eigenvalue weighted by Crippen LogP contribution is 2.42. The minimum atomic E-state index is -1.23. The number of nitrogens with zero attached hydrogens (tertiary/aromatic N) is 1. The molecule has 0 radical (unpaired) electrons. The van der Waals surface area contributed by atoms with Crippen molar-refractivity contribution in [2.45, 2.75) is 46.1 Å². The summed E-state index contributed by atoms with van der Waals surface area (Å²) in [6.07, 6.45) is 5.72. The van der Waals surface area contributed by atoms with Gasteiger partial charge in [-0.15, -0.1) is 5.70 Å². The van der Waals surface area contributed by atoms with Crippen molar-refractivity contribution in [3.8, 4) is 0 Å². The minimum Gasteiger partial charge on any atom is -0.480 e. The highest BCUT2D eigenvalue weighted by Gasteiger charge is 2.52. The molecule has 0 aromatic rings. The molecule has 0 amide bonds. The Labute approximate surface area is 147 Å². The molecule has 1 saturated heterocycles. The number of aliphatic carboxylic acids is 2. The first-order valence-corrected chi connectivity index (χ1v) is 9.59. The summed E-state index contributed by atoms with van der Waals surface area (Å²) in [5.74, 6) is -2.55. The van der Waals surface area contributed by atoms with Crippen LogP contribution in [0.25, 0.3) is 0 Å². The average molecular weight is 352 g/mol. The SMILES string of the molecule is CC1=CC(C(=O)O)(N2CCCC2)C(C)C(C(=O)O)=C1C.CC=C[SiH3]. The van der Waals surface area contributed by atoms with E-state index in [1.165, 1.54) is 10.2 Å². The first-order chi connectivity index (χ1) is 11.2. The van der Waals surface area contributed by atoms with Crippen molar-refractivity contribution in [1.82, 2.24) is 4.90 Å². The molecule has 2 N–H and O–H groups in total. The third kappa shape index (κ3) is 3.70. The van der Waals surface area contributed by atoms with E-state index in [0.29, 0.717) is 18.7 Å². The monoisotopic (exact) mass is 351 g/mol. The summed E-state index contributed by atoms with van der Waals surface area (Å²) in [4.78, 5) is 25.5. The second kappa shape index (κ2) is 8.44. The lowest BCUT2D eigenvalue weighted by atomic mass is 9.71. The molecular formula is C18H29NO4Si. The summed E-state index contributed by atoms with van der Waals surface area (Å²) in [6, 6.07) is 0. The third-order valence-corrected chi connectivity index (χ3v) is 5.73. The highest BCUT2D eigenvalue weighted by atomic mass is 28.1. The molecule has 5 nitrogen and oxygen atoms in total. The van der Waals surface area contributed by atoms with Crippen molar-refractivity contribution in [2.75, 3.05) is 13.1 Å². The second-order valence-corrected chi connectivity index (χ2v) is 7.05. The molecule has 134 valence electrons. The molecule has 24 heavy (non-hydrogen) atoms. The number of hydrogen-bond donors (Lipinski definition) is 2. The Bertz CT molecular complexity index is 584. The normalized spacial score (nSPS) is 27.8. The summed E-state index contributed by atoms with van der Waals surface area (Å²) in [6.45, 7) is 8.69. The van der Waals surface area contributed by atoms with Gasteiger partial charge in [0.15, 0.2) is 0 Å². The standard InChI is InChI=1S/C15H21NO4.C3H8Si/c1-9-8-15(14(19)20,16-6-4-5-7-16)11(3)12(10(9)2)13(17)18;1-2-3-4/h8,11H,4-7H2,1-3H3,(H,17,18)(H,19,20);2-3H,1,4H3. The Morgan fingerprint density at radius 2 is 1.79 bits per heavy atom. The van der Waals surface area contributed by atoms with Gasteiger partial charge in [-0.3, -0.25) is 4.90 Å². The number of hydrogen-bond acceptors (Lipinski definition) is 3. The predicted octanol–water partition coefficient (Wildman–Crippen LogP) is 1.79. The van der Waals surface area contributed by atoms with Crippen LogP contribution in [-0.4, -0.2) is 55.9 Å². The average Bonchev–Trinajstić information content (AvgIpc) is 3.05. The molecule has 6 heteroatoms. The lowest BCUT2D eigenvalue weighted by molar-refractivity contribution is -0.150. The van der Waals surface area contributed by atoms with E-state index >= 15 is 0 Å². The number of rotatable bonds is 3. The summed E-state index contributed by atoms with van der Waals surface area (Å²) in [7, 11) is 1.21. The van der Waals surface area contributed by atoms with Gasteiger partial charge in [-0.1, -0.05) is 13.0 Å². The third-order valence-electron chi connectivity index (χ3n) is 5.06. The fourth-order valence-corrected chi connectivity index (χ4v) is 3.50. The van der Waals surface area contributed by atoms with E-state index in [1.54, 1.807) is 26.8 Å². The molecule has 2 unspecified atom stereocenters. The van der Waals surface area contributed by atoms with Crippen LogP contribution in [0.5, 0.6) is 0 Å². The van der Waals surface area contributed by atoms with Crippen LogP contribution in [0.2, 0.25) is 0 Å². The smallest absolute Gasteiger partial charge is 0.332 e. The van der Waals surface area contributed by atoms with Gasteiger partial charge in [-0.05, 0) is 63.9 Å². The van der Waals surface area contributed by atoms with Gasteiger partial charge in [-0.2, -0.15) is 0 Å². The van der Waals surface area contributed by atoms with Gasteiger partial charge in [0.25, 0.3) is 0 Å². The van der Waals surface area contributed by atoms with E-state index in [1.807, 2.05) is 11.8 Å². The van der Waals surface area contributed by atoms with Gasteiger partial charge < -0.3 is 10.2 Å². The van der Waals surface area contributed by atoms with Crippen LogP contribution in [0.15, 0.2) is 34.6 Å². The molecule has 1 fully saturated rings. The molecule has 2 rings (SSSR count). The molecule has 1 aliphatic heterocycles. The molecule has 0 aromatic heterocycles. The van der Waals surface area contributed by atoms with Crippen molar-refractivity contribution < 1.29 is 19.8 Å². The van der Waals surface area contributed by atoms with Crippen LogP contribution in [0.4, 0.5) is 0 Å². The highest BCUT2D eigenvalue weighted by molar-refractivity contribution is 6.16. The molecule has 2 atom stereocenters. The minimum absolute atomic E-state index is 0.222. The van der Waals surface area contributed by atoms with Gasteiger partial charge in [0.05, 0.1) is 0 Å². The van der Waals surface area contributed by atoms with E-state index < -0.39 is 23.4 Å². The van der Waals surface area contributed by atoms with Crippen LogP contribution in [0.1, 0.15) is 40.5 Å². The first kappa shape index (κ1) is 20.4. The summed E-state index contributed by atoms with van der Waals surface area (Å²) < 4.78 is 0. The quantitative estimate of drug-likeness (QED) is 0.758. The summed E-state index contributed by atoms with van der Waals surface area (Å²) in [5, 5.41) is 19.3. The van der Waals surface area contributed by atoms with Crippen molar-refractivity contribution in [2.24, 2.45) is 5.92 Å². The van der Waals surface area contributed by atoms with Crippen LogP contribution in [0.3, 0.4) is 0 Å². The number of carbonyl (C=O) groups is 2. The van der Waals surface area contributed by atoms with E-state index in [0.717, 1.165) is 18.4 Å². The Kier molecular flexibility index (Phi) is 7.17. The molecular weight excluding hydrogens is 322 g/mol. The van der Waals surface area contributed by atoms with Crippen molar-refractivity contribution in [1.29, 1.82) is 0 Å². The predicted molar refractivity (Wildman–Crippen MR) is 99.2 cm³/mol. The van der Waals surface area contributed by atoms with Crippen LogP contribution in [0, 0.1) is 5.92 Å². The molecule has 0 aromatic carbocycles. The maximum absolute atomic E-state index is 12.0. The van der Waals surface area contributed by atoms with E-state index in [9.17, 15) is 19.8 Å². The van der Waals surface area contributed by atoms with Gasteiger partial charge in [0.2, 0.25) is 0 Å². The number of allylic oxidation sites excluding steroid dienone is 3. The molecule has 0 saturated carbocycles.